The molecule has 26 heavy (non-hydrogen) atoms. The summed E-state index contributed by atoms with van der Waals surface area (Å²) in [7, 11) is 0. The molecule has 1 aliphatic rings. The zero-order valence-corrected chi connectivity index (χ0v) is 14.2. The van der Waals surface area contributed by atoms with E-state index < -0.39 is 24.4 Å². The minimum atomic E-state index is -3.06. The Morgan fingerprint density at radius 2 is 1.85 bits per heavy atom. The number of aliphatic carboxylic acids is 1. The lowest BCUT2D eigenvalue weighted by molar-refractivity contribution is -0.143. The van der Waals surface area contributed by atoms with Crippen molar-refractivity contribution in [2.45, 2.75) is 20.0 Å². The Kier molecular flexibility index (Phi) is 5.06. The lowest BCUT2D eigenvalue weighted by atomic mass is 9.90. The predicted octanol–water partition coefficient (Wildman–Crippen LogP) is 3.62. The molecule has 0 spiro atoms. The van der Waals surface area contributed by atoms with E-state index >= 15 is 0 Å². The second-order valence-corrected chi connectivity index (χ2v) is 6.66. The number of alkyl halides is 2. The highest BCUT2D eigenvalue weighted by Crippen LogP contribution is 2.31. The van der Waals surface area contributed by atoms with Gasteiger partial charge in [0.15, 0.2) is 0 Å². The molecule has 1 amide bonds. The van der Waals surface area contributed by atoms with Crippen LogP contribution >= 0.6 is 0 Å². The van der Waals surface area contributed by atoms with Gasteiger partial charge in [0, 0.05) is 13.1 Å². The summed E-state index contributed by atoms with van der Waals surface area (Å²) in [6.45, 7) is -0.759. The molecule has 1 heterocycles. The number of hydrogen-bond acceptors (Lipinski definition) is 3. The first-order valence-electron chi connectivity index (χ1n) is 8.35. The minimum absolute atomic E-state index is 0.00808. The molecule has 2 atom stereocenters. The summed E-state index contributed by atoms with van der Waals surface area (Å²) < 4.78 is 30.2. The van der Waals surface area contributed by atoms with E-state index in [-0.39, 0.29) is 23.8 Å². The van der Waals surface area contributed by atoms with E-state index in [2.05, 4.69) is 4.74 Å². The number of carbonyl (C=O) groups is 2. The average molecular weight is 363 g/mol. The quantitative estimate of drug-likeness (QED) is 0.901. The number of nitrogens with zero attached hydrogens (tertiary/aromatic N) is 1. The van der Waals surface area contributed by atoms with Crippen LogP contribution in [0.25, 0.3) is 10.8 Å². The highest BCUT2D eigenvalue weighted by atomic mass is 19.3. The summed E-state index contributed by atoms with van der Waals surface area (Å²) in [6, 6.07) is 10.00. The van der Waals surface area contributed by atoms with Gasteiger partial charge in [0.2, 0.25) is 0 Å². The van der Waals surface area contributed by atoms with Crippen molar-refractivity contribution in [3.63, 3.8) is 0 Å². The van der Waals surface area contributed by atoms with Gasteiger partial charge in [-0.15, -0.1) is 0 Å². The Hall–Kier alpha value is -2.70. The number of carbonyl (C=O) groups excluding carboxylic acids is 1. The van der Waals surface area contributed by atoms with Crippen molar-refractivity contribution < 1.29 is 28.2 Å². The molecule has 0 radical (unpaired) electrons. The van der Waals surface area contributed by atoms with Gasteiger partial charge in [0.25, 0.3) is 5.91 Å². The van der Waals surface area contributed by atoms with Crippen LogP contribution < -0.4 is 4.74 Å². The molecule has 0 aromatic heterocycles. The number of likely N-dealkylation sites (tertiary alicyclic amines) is 1. The van der Waals surface area contributed by atoms with Gasteiger partial charge in [-0.1, -0.05) is 31.2 Å². The SMILES string of the molecule is CC1CC(C(=O)O)CN(C(=O)c2cc3ccccc3cc2OC(F)F)C1. The maximum absolute atomic E-state index is 13.0. The Labute approximate surface area is 149 Å². The van der Waals surface area contributed by atoms with Gasteiger partial charge in [0.05, 0.1) is 11.5 Å². The molecular formula is C19H19F2NO4. The molecule has 0 aliphatic carbocycles. The van der Waals surface area contributed by atoms with Gasteiger partial charge < -0.3 is 14.7 Å². The van der Waals surface area contributed by atoms with Crippen LogP contribution in [-0.4, -0.2) is 41.6 Å². The number of benzene rings is 2. The second kappa shape index (κ2) is 7.27. The van der Waals surface area contributed by atoms with Crippen molar-refractivity contribution in [1.29, 1.82) is 0 Å². The smallest absolute Gasteiger partial charge is 0.387 e. The largest absolute Gasteiger partial charge is 0.481 e. The van der Waals surface area contributed by atoms with E-state index in [4.69, 9.17) is 0 Å². The third-order valence-electron chi connectivity index (χ3n) is 4.59. The first-order valence-corrected chi connectivity index (χ1v) is 8.35. The lowest BCUT2D eigenvalue weighted by Crippen LogP contribution is -2.45. The second-order valence-electron chi connectivity index (χ2n) is 6.66. The minimum Gasteiger partial charge on any atom is -0.481 e. The summed E-state index contributed by atoms with van der Waals surface area (Å²) >= 11 is 0. The van der Waals surface area contributed by atoms with Crippen LogP contribution in [0.2, 0.25) is 0 Å². The number of ether oxygens (including phenoxy) is 1. The van der Waals surface area contributed by atoms with Crippen LogP contribution in [0.15, 0.2) is 36.4 Å². The molecule has 138 valence electrons. The topological polar surface area (TPSA) is 66.8 Å². The molecule has 5 nitrogen and oxygen atoms in total. The van der Waals surface area contributed by atoms with E-state index in [9.17, 15) is 23.5 Å². The van der Waals surface area contributed by atoms with Crippen LogP contribution in [0.4, 0.5) is 8.78 Å². The number of rotatable bonds is 4. The third kappa shape index (κ3) is 3.76. The molecule has 2 unspecified atom stereocenters. The van der Waals surface area contributed by atoms with E-state index in [1.807, 2.05) is 6.92 Å². The summed E-state index contributed by atoms with van der Waals surface area (Å²) in [5.41, 5.74) is 0.0160. The maximum Gasteiger partial charge on any atom is 0.387 e. The molecule has 2 aromatic carbocycles. The molecule has 1 fully saturated rings. The molecular weight excluding hydrogens is 344 g/mol. The fourth-order valence-corrected chi connectivity index (χ4v) is 3.45. The number of halogens is 2. The maximum atomic E-state index is 13.0. The lowest BCUT2D eigenvalue weighted by Gasteiger charge is -2.35. The van der Waals surface area contributed by atoms with Gasteiger partial charge in [-0.25, -0.2) is 0 Å². The number of carboxylic acid groups (broad SMARTS) is 1. The molecule has 7 heteroatoms. The standard InChI is InChI=1S/C19H19F2NO4/c1-11-6-14(18(24)25)10-22(9-11)17(23)15-7-12-4-2-3-5-13(12)8-16(15)26-19(20)21/h2-5,7-8,11,14,19H,6,9-10H2,1H3,(H,24,25). The first kappa shape index (κ1) is 18.1. The fourth-order valence-electron chi connectivity index (χ4n) is 3.45. The monoisotopic (exact) mass is 363 g/mol. The van der Waals surface area contributed by atoms with Crippen LogP contribution in [0.5, 0.6) is 5.75 Å². The van der Waals surface area contributed by atoms with Crippen LogP contribution in [0.1, 0.15) is 23.7 Å². The number of carboxylic acids is 1. The molecule has 3 rings (SSSR count). The number of fused-ring (bicyclic) bond motifs is 1. The van der Waals surface area contributed by atoms with Crippen LogP contribution in [-0.2, 0) is 4.79 Å². The summed E-state index contributed by atoms with van der Waals surface area (Å²) in [5.74, 6) is -2.31. The Balaban J connectivity index is 1.99. The molecule has 0 bridgehead atoms. The van der Waals surface area contributed by atoms with Gasteiger partial charge in [0.1, 0.15) is 5.75 Å². The third-order valence-corrected chi connectivity index (χ3v) is 4.59. The van der Waals surface area contributed by atoms with Crippen molar-refractivity contribution in [2.75, 3.05) is 13.1 Å². The van der Waals surface area contributed by atoms with E-state index in [1.54, 1.807) is 24.3 Å². The van der Waals surface area contributed by atoms with E-state index in [0.717, 1.165) is 5.39 Å². The zero-order valence-electron chi connectivity index (χ0n) is 14.2. The van der Waals surface area contributed by atoms with Crippen molar-refractivity contribution in [2.24, 2.45) is 11.8 Å². The predicted molar refractivity (Wildman–Crippen MR) is 91.4 cm³/mol. The van der Waals surface area contributed by atoms with Crippen molar-refractivity contribution in [3.8, 4) is 5.75 Å². The van der Waals surface area contributed by atoms with Gasteiger partial charge >= 0.3 is 12.6 Å². The summed E-state index contributed by atoms with van der Waals surface area (Å²) in [4.78, 5) is 25.7. The Morgan fingerprint density at radius 3 is 2.46 bits per heavy atom. The van der Waals surface area contributed by atoms with Crippen molar-refractivity contribution in [1.82, 2.24) is 4.90 Å². The Bertz CT molecular complexity index is 839. The number of piperidine rings is 1. The van der Waals surface area contributed by atoms with Gasteiger partial charge in [-0.3, -0.25) is 9.59 Å². The van der Waals surface area contributed by atoms with E-state index in [0.29, 0.717) is 18.4 Å². The van der Waals surface area contributed by atoms with Crippen LogP contribution in [0.3, 0.4) is 0 Å². The van der Waals surface area contributed by atoms with Gasteiger partial charge in [-0.05, 0) is 35.2 Å². The first-order chi connectivity index (χ1) is 12.3. The van der Waals surface area contributed by atoms with Gasteiger partial charge in [-0.2, -0.15) is 8.78 Å². The molecule has 0 saturated carbocycles. The Morgan fingerprint density at radius 1 is 1.19 bits per heavy atom. The fraction of sp³-hybridized carbons (Fsp3) is 0.368. The van der Waals surface area contributed by atoms with Crippen LogP contribution in [0, 0.1) is 11.8 Å². The highest BCUT2D eigenvalue weighted by molar-refractivity contribution is 6.01. The highest BCUT2D eigenvalue weighted by Gasteiger charge is 2.33. The zero-order chi connectivity index (χ0) is 18.8. The number of amides is 1. The molecule has 1 saturated heterocycles. The molecule has 1 aliphatic heterocycles. The van der Waals surface area contributed by atoms with E-state index in [1.165, 1.54) is 17.0 Å². The molecule has 2 aromatic rings. The summed E-state index contributed by atoms with van der Waals surface area (Å²) in [6.07, 6.45) is 0.483. The summed E-state index contributed by atoms with van der Waals surface area (Å²) in [5, 5.41) is 10.7. The van der Waals surface area contributed by atoms with Crippen molar-refractivity contribution >= 4 is 22.6 Å². The normalized spacial score (nSPS) is 20.4. The average Bonchev–Trinajstić information content (AvgIpc) is 2.59. The van der Waals surface area contributed by atoms with Crippen molar-refractivity contribution in [3.05, 3.63) is 42.0 Å². The number of hydrogen-bond donors (Lipinski definition) is 1. The molecule has 1 N–H and O–H groups in total.